The Morgan fingerprint density at radius 3 is 2.68 bits per heavy atom. The lowest BCUT2D eigenvalue weighted by atomic mass is 10.0. The summed E-state index contributed by atoms with van der Waals surface area (Å²) >= 11 is 0. The average molecular weight is 256 g/mol. The lowest BCUT2D eigenvalue weighted by molar-refractivity contribution is 0.579. The summed E-state index contributed by atoms with van der Waals surface area (Å²) in [5, 5.41) is 3.52. The normalized spacial score (nSPS) is 12.4. The Labute approximate surface area is 114 Å². The molecule has 0 radical (unpaired) electrons. The second kappa shape index (κ2) is 6.38. The van der Waals surface area contributed by atoms with E-state index in [0.717, 1.165) is 30.0 Å². The van der Waals surface area contributed by atoms with Gasteiger partial charge in [-0.25, -0.2) is 0 Å². The second-order valence-corrected chi connectivity index (χ2v) is 4.64. The van der Waals surface area contributed by atoms with Crippen LogP contribution in [0.3, 0.4) is 0 Å². The molecule has 1 N–H and O–H groups in total. The lowest BCUT2D eigenvalue weighted by Crippen LogP contribution is -2.25. The van der Waals surface area contributed by atoms with Crippen LogP contribution in [0.5, 0.6) is 0 Å². The van der Waals surface area contributed by atoms with Gasteiger partial charge in [-0.15, -0.1) is 0 Å². The van der Waals surface area contributed by atoms with E-state index < -0.39 is 0 Å². The van der Waals surface area contributed by atoms with Gasteiger partial charge < -0.3 is 5.32 Å². The van der Waals surface area contributed by atoms with Gasteiger partial charge in [-0.05, 0) is 38.4 Å². The van der Waals surface area contributed by atoms with Gasteiger partial charge in [-0.3, -0.25) is 15.0 Å². The SMILES string of the molecule is CCCNC(c1cnccn1)c1ccc(C)nc1C. The van der Waals surface area contributed by atoms with E-state index in [-0.39, 0.29) is 6.04 Å². The van der Waals surface area contributed by atoms with E-state index in [1.54, 1.807) is 12.4 Å². The molecule has 0 bridgehead atoms. The highest BCUT2D eigenvalue weighted by Gasteiger charge is 2.17. The van der Waals surface area contributed by atoms with Crippen LogP contribution in [0, 0.1) is 13.8 Å². The van der Waals surface area contributed by atoms with E-state index in [1.165, 1.54) is 5.56 Å². The van der Waals surface area contributed by atoms with Crippen molar-refractivity contribution in [3.05, 3.63) is 53.4 Å². The quantitative estimate of drug-likeness (QED) is 0.893. The number of aromatic nitrogens is 3. The zero-order valence-electron chi connectivity index (χ0n) is 11.7. The summed E-state index contributed by atoms with van der Waals surface area (Å²) in [6, 6.07) is 4.22. The molecular weight excluding hydrogens is 236 g/mol. The van der Waals surface area contributed by atoms with Crippen molar-refractivity contribution >= 4 is 0 Å². The van der Waals surface area contributed by atoms with E-state index in [4.69, 9.17) is 0 Å². The van der Waals surface area contributed by atoms with Crippen LogP contribution in [-0.4, -0.2) is 21.5 Å². The first-order valence-corrected chi connectivity index (χ1v) is 6.65. The number of hydrogen-bond donors (Lipinski definition) is 1. The Bertz CT molecular complexity index is 525. The van der Waals surface area contributed by atoms with E-state index >= 15 is 0 Å². The highest BCUT2D eigenvalue weighted by atomic mass is 15.0. The van der Waals surface area contributed by atoms with Crippen LogP contribution < -0.4 is 5.32 Å². The maximum absolute atomic E-state index is 4.54. The summed E-state index contributed by atoms with van der Waals surface area (Å²) in [5.74, 6) is 0. The van der Waals surface area contributed by atoms with Crippen molar-refractivity contribution in [1.82, 2.24) is 20.3 Å². The standard InChI is InChI=1S/C15H20N4/c1-4-7-18-15(14-10-16-8-9-17-14)13-6-5-11(2)19-12(13)3/h5-6,8-10,15,18H,4,7H2,1-3H3. The van der Waals surface area contributed by atoms with Gasteiger partial charge in [0.15, 0.2) is 0 Å². The van der Waals surface area contributed by atoms with E-state index in [2.05, 4.69) is 33.3 Å². The average Bonchev–Trinajstić information content (AvgIpc) is 2.42. The van der Waals surface area contributed by atoms with Crippen molar-refractivity contribution in [2.24, 2.45) is 0 Å². The zero-order chi connectivity index (χ0) is 13.7. The third-order valence-electron chi connectivity index (χ3n) is 3.05. The molecule has 0 aliphatic rings. The Morgan fingerprint density at radius 2 is 2.05 bits per heavy atom. The second-order valence-electron chi connectivity index (χ2n) is 4.64. The van der Waals surface area contributed by atoms with Gasteiger partial charge in [0.1, 0.15) is 0 Å². The molecule has 0 fully saturated rings. The fraction of sp³-hybridized carbons (Fsp3) is 0.400. The Kier molecular flexibility index (Phi) is 4.58. The molecule has 2 rings (SSSR count). The van der Waals surface area contributed by atoms with Crippen LogP contribution >= 0.6 is 0 Å². The molecule has 0 aromatic carbocycles. The summed E-state index contributed by atoms with van der Waals surface area (Å²) in [6.07, 6.45) is 6.31. The third-order valence-corrected chi connectivity index (χ3v) is 3.05. The van der Waals surface area contributed by atoms with Crippen molar-refractivity contribution < 1.29 is 0 Å². The molecule has 4 heteroatoms. The maximum atomic E-state index is 4.54. The molecule has 0 amide bonds. The number of nitrogens with one attached hydrogen (secondary N) is 1. The number of pyridine rings is 1. The fourth-order valence-electron chi connectivity index (χ4n) is 2.12. The third kappa shape index (κ3) is 3.35. The minimum atomic E-state index is 0.0572. The topological polar surface area (TPSA) is 50.7 Å². The Morgan fingerprint density at radius 1 is 1.21 bits per heavy atom. The summed E-state index contributed by atoms with van der Waals surface area (Å²) in [5.41, 5.74) is 4.18. The van der Waals surface area contributed by atoms with E-state index in [0.29, 0.717) is 0 Å². The van der Waals surface area contributed by atoms with Crippen molar-refractivity contribution in [2.45, 2.75) is 33.2 Å². The predicted molar refractivity (Wildman–Crippen MR) is 75.9 cm³/mol. The molecule has 1 atom stereocenters. The summed E-state index contributed by atoms with van der Waals surface area (Å²) in [7, 11) is 0. The molecule has 2 heterocycles. The van der Waals surface area contributed by atoms with Crippen molar-refractivity contribution in [1.29, 1.82) is 0 Å². The first-order valence-electron chi connectivity index (χ1n) is 6.65. The van der Waals surface area contributed by atoms with Crippen molar-refractivity contribution in [3.63, 3.8) is 0 Å². The van der Waals surface area contributed by atoms with E-state index in [1.807, 2.05) is 26.1 Å². The molecule has 0 aliphatic carbocycles. The molecule has 0 spiro atoms. The lowest BCUT2D eigenvalue weighted by Gasteiger charge is -2.19. The minimum absolute atomic E-state index is 0.0572. The van der Waals surface area contributed by atoms with Gasteiger partial charge in [-0.1, -0.05) is 13.0 Å². The smallest absolute Gasteiger partial charge is 0.0802 e. The van der Waals surface area contributed by atoms with Crippen LogP contribution in [0.25, 0.3) is 0 Å². The van der Waals surface area contributed by atoms with Gasteiger partial charge in [0.25, 0.3) is 0 Å². The molecule has 100 valence electrons. The molecule has 0 aliphatic heterocycles. The van der Waals surface area contributed by atoms with Crippen LogP contribution in [0.15, 0.2) is 30.7 Å². The summed E-state index contributed by atoms with van der Waals surface area (Å²) < 4.78 is 0. The minimum Gasteiger partial charge on any atom is -0.305 e. The number of hydrogen-bond acceptors (Lipinski definition) is 4. The molecular formula is C15H20N4. The molecule has 0 saturated heterocycles. The molecule has 2 aromatic heterocycles. The van der Waals surface area contributed by atoms with Gasteiger partial charge >= 0.3 is 0 Å². The largest absolute Gasteiger partial charge is 0.305 e. The molecule has 1 unspecified atom stereocenters. The number of rotatable bonds is 5. The fourth-order valence-corrected chi connectivity index (χ4v) is 2.12. The van der Waals surface area contributed by atoms with E-state index in [9.17, 15) is 0 Å². The van der Waals surface area contributed by atoms with Crippen LogP contribution in [0.4, 0.5) is 0 Å². The number of nitrogens with zero attached hydrogens (tertiary/aromatic N) is 3. The van der Waals surface area contributed by atoms with Crippen LogP contribution in [-0.2, 0) is 0 Å². The first-order chi connectivity index (χ1) is 9.22. The predicted octanol–water partition coefficient (Wildman–Crippen LogP) is 2.58. The summed E-state index contributed by atoms with van der Waals surface area (Å²) in [4.78, 5) is 13.1. The Balaban J connectivity index is 2.37. The van der Waals surface area contributed by atoms with Gasteiger partial charge in [0, 0.05) is 23.8 Å². The zero-order valence-corrected chi connectivity index (χ0v) is 11.7. The molecule has 0 saturated carbocycles. The Hall–Kier alpha value is -1.81. The first kappa shape index (κ1) is 13.6. The van der Waals surface area contributed by atoms with Gasteiger partial charge in [0.05, 0.1) is 17.9 Å². The van der Waals surface area contributed by atoms with Crippen molar-refractivity contribution in [2.75, 3.05) is 6.54 Å². The molecule has 4 nitrogen and oxygen atoms in total. The molecule has 2 aromatic rings. The van der Waals surface area contributed by atoms with Crippen molar-refractivity contribution in [3.8, 4) is 0 Å². The highest BCUT2D eigenvalue weighted by Crippen LogP contribution is 2.22. The highest BCUT2D eigenvalue weighted by molar-refractivity contribution is 5.30. The maximum Gasteiger partial charge on any atom is 0.0802 e. The van der Waals surface area contributed by atoms with Gasteiger partial charge in [0.2, 0.25) is 0 Å². The molecule has 19 heavy (non-hydrogen) atoms. The van der Waals surface area contributed by atoms with Gasteiger partial charge in [-0.2, -0.15) is 0 Å². The number of aryl methyl sites for hydroxylation is 2. The summed E-state index contributed by atoms with van der Waals surface area (Å²) in [6.45, 7) is 7.14. The van der Waals surface area contributed by atoms with Crippen LogP contribution in [0.1, 0.15) is 42.0 Å². The monoisotopic (exact) mass is 256 g/mol. The van der Waals surface area contributed by atoms with Crippen LogP contribution in [0.2, 0.25) is 0 Å².